The van der Waals surface area contributed by atoms with E-state index in [1.54, 1.807) is 32.9 Å². The van der Waals surface area contributed by atoms with Gasteiger partial charge in [0.1, 0.15) is 10.8 Å². The van der Waals surface area contributed by atoms with Gasteiger partial charge in [-0.3, -0.25) is 0 Å². The van der Waals surface area contributed by atoms with E-state index in [4.69, 9.17) is 20.9 Å². The Balaban J connectivity index is 2.00. The number of halogens is 2. The fourth-order valence-electron chi connectivity index (χ4n) is 2.79. The molecular formula is C15H17B2ClFN2O4+. The van der Waals surface area contributed by atoms with Gasteiger partial charge in [-0.2, -0.15) is 0 Å². The lowest BCUT2D eigenvalue weighted by molar-refractivity contribution is -0.826. The van der Waals surface area contributed by atoms with Crippen LogP contribution in [0.5, 0.6) is 0 Å². The maximum atomic E-state index is 14.6. The van der Waals surface area contributed by atoms with Crippen molar-refractivity contribution in [2.45, 2.75) is 32.1 Å². The highest BCUT2D eigenvalue weighted by Gasteiger charge is 2.62. The molecule has 25 heavy (non-hydrogen) atoms. The summed E-state index contributed by atoms with van der Waals surface area (Å²) >= 11 is 5.92. The van der Waals surface area contributed by atoms with E-state index < -0.39 is 31.5 Å². The molecule has 130 valence electrons. The van der Waals surface area contributed by atoms with Crippen molar-refractivity contribution in [1.29, 1.82) is 0 Å². The molecule has 3 rings (SSSR count). The number of rotatable bonds is 3. The SMILES string of the molecule is CC1(C)OB(c2ccnc(Cl)c2)OC1(C)[n+]1ccc(B(O)O)cc1F. The summed E-state index contributed by atoms with van der Waals surface area (Å²) in [4.78, 5) is 3.92. The van der Waals surface area contributed by atoms with Crippen molar-refractivity contribution < 1.29 is 28.3 Å². The summed E-state index contributed by atoms with van der Waals surface area (Å²) in [6.07, 6.45) is 2.94. The van der Waals surface area contributed by atoms with E-state index in [0.717, 1.165) is 6.07 Å². The van der Waals surface area contributed by atoms with Crippen molar-refractivity contribution in [3.63, 3.8) is 0 Å². The molecule has 0 bridgehead atoms. The van der Waals surface area contributed by atoms with E-state index in [0.29, 0.717) is 10.6 Å². The van der Waals surface area contributed by atoms with Crippen LogP contribution in [0.2, 0.25) is 5.15 Å². The quantitative estimate of drug-likeness (QED) is 0.445. The summed E-state index contributed by atoms with van der Waals surface area (Å²) in [7, 11) is -2.51. The Morgan fingerprint density at radius 3 is 2.56 bits per heavy atom. The molecule has 3 heterocycles. The molecule has 1 fully saturated rings. The average Bonchev–Trinajstić information content (AvgIpc) is 2.78. The molecule has 0 aliphatic carbocycles. The predicted molar refractivity (Wildman–Crippen MR) is 91.0 cm³/mol. The van der Waals surface area contributed by atoms with Crippen LogP contribution in [0, 0.1) is 5.95 Å². The Hall–Kier alpha value is -1.51. The van der Waals surface area contributed by atoms with E-state index >= 15 is 0 Å². The first kappa shape index (κ1) is 18.3. The molecule has 2 N–H and O–H groups in total. The topological polar surface area (TPSA) is 75.7 Å². The molecule has 1 unspecified atom stereocenters. The second kappa shape index (κ2) is 6.34. The largest absolute Gasteiger partial charge is 0.499 e. The summed E-state index contributed by atoms with van der Waals surface area (Å²) in [6, 6.07) is 5.80. The van der Waals surface area contributed by atoms with E-state index in [1.807, 2.05) is 0 Å². The highest BCUT2D eigenvalue weighted by molar-refractivity contribution is 6.62. The molecule has 1 aliphatic heterocycles. The maximum Gasteiger partial charge on any atom is 0.499 e. The molecule has 6 nitrogen and oxygen atoms in total. The van der Waals surface area contributed by atoms with Crippen LogP contribution in [0.15, 0.2) is 36.7 Å². The van der Waals surface area contributed by atoms with Gasteiger partial charge in [-0.25, -0.2) is 4.98 Å². The maximum absolute atomic E-state index is 14.6. The van der Waals surface area contributed by atoms with Crippen LogP contribution < -0.4 is 15.5 Å². The van der Waals surface area contributed by atoms with Gasteiger partial charge < -0.3 is 19.4 Å². The lowest BCUT2D eigenvalue weighted by Crippen LogP contribution is -2.66. The second-order valence-electron chi connectivity index (χ2n) is 6.50. The zero-order valence-corrected chi connectivity index (χ0v) is 14.7. The zero-order valence-electron chi connectivity index (χ0n) is 14.0. The van der Waals surface area contributed by atoms with Crippen molar-refractivity contribution in [2.24, 2.45) is 0 Å². The molecule has 10 heteroatoms. The Bertz CT molecular complexity index is 811. The Labute approximate surface area is 150 Å². The van der Waals surface area contributed by atoms with E-state index in [1.165, 1.54) is 23.0 Å². The van der Waals surface area contributed by atoms with Gasteiger partial charge in [-0.15, -0.1) is 8.96 Å². The molecule has 0 amide bonds. The van der Waals surface area contributed by atoms with Gasteiger partial charge in [-0.1, -0.05) is 11.6 Å². The van der Waals surface area contributed by atoms with Crippen molar-refractivity contribution in [3.05, 3.63) is 47.8 Å². The van der Waals surface area contributed by atoms with Crippen LogP contribution in [-0.2, 0) is 15.0 Å². The van der Waals surface area contributed by atoms with Crippen LogP contribution in [0.1, 0.15) is 20.8 Å². The van der Waals surface area contributed by atoms with Gasteiger partial charge in [0, 0.05) is 25.3 Å². The monoisotopic (exact) mass is 365 g/mol. The summed E-state index contributed by atoms with van der Waals surface area (Å²) < 4.78 is 27.9. The molecule has 1 saturated heterocycles. The lowest BCUT2D eigenvalue weighted by atomic mass is 9.80. The Morgan fingerprint density at radius 2 is 1.96 bits per heavy atom. The first-order chi connectivity index (χ1) is 11.6. The molecular weight excluding hydrogens is 348 g/mol. The summed E-state index contributed by atoms with van der Waals surface area (Å²) in [6.45, 7) is 5.28. The average molecular weight is 365 g/mol. The third-order valence-electron chi connectivity index (χ3n) is 4.57. The first-order valence-electron chi connectivity index (χ1n) is 7.69. The third kappa shape index (κ3) is 3.18. The van der Waals surface area contributed by atoms with Crippen LogP contribution in [0.3, 0.4) is 0 Å². The number of pyridine rings is 2. The minimum atomic E-state index is -1.75. The predicted octanol–water partition coefficient (Wildman–Crippen LogP) is -0.265. The lowest BCUT2D eigenvalue weighted by Gasteiger charge is -2.30. The number of nitrogens with zero attached hydrogens (tertiary/aromatic N) is 2. The molecule has 0 aromatic carbocycles. The fourth-order valence-corrected chi connectivity index (χ4v) is 2.97. The Kier molecular flexibility index (Phi) is 4.63. The summed E-state index contributed by atoms with van der Waals surface area (Å²) in [5.41, 5.74) is -1.36. The minimum Gasteiger partial charge on any atom is -0.423 e. The molecule has 2 aromatic heterocycles. The van der Waals surface area contributed by atoms with Crippen LogP contribution in [0.4, 0.5) is 4.39 Å². The molecule has 1 atom stereocenters. The fraction of sp³-hybridized carbons (Fsp3) is 0.333. The van der Waals surface area contributed by atoms with Gasteiger partial charge in [-0.05, 0) is 36.9 Å². The normalized spacial score (nSPS) is 22.3. The molecule has 1 aliphatic rings. The third-order valence-corrected chi connectivity index (χ3v) is 4.77. The van der Waals surface area contributed by atoms with Crippen LogP contribution in [0.25, 0.3) is 0 Å². The van der Waals surface area contributed by atoms with Gasteiger partial charge in [0.2, 0.25) is 0 Å². The number of aromatic nitrogens is 2. The number of hydrogen-bond donors (Lipinski definition) is 2. The standard InChI is InChI=1S/C15H17B2ClFN2O4/c1-14(2)15(3,21-7-5-10(16(22)23)9-13(21)19)25-17(24-14)11-4-6-20-12(18)8-11/h4-9,22-23H,1-3H3/q+1. The van der Waals surface area contributed by atoms with Crippen molar-refractivity contribution in [3.8, 4) is 0 Å². The van der Waals surface area contributed by atoms with Crippen LogP contribution in [-0.4, -0.2) is 34.9 Å². The molecule has 0 spiro atoms. The van der Waals surface area contributed by atoms with E-state index in [-0.39, 0.29) is 5.46 Å². The van der Waals surface area contributed by atoms with Crippen molar-refractivity contribution in [1.82, 2.24) is 4.98 Å². The molecule has 0 saturated carbocycles. The zero-order chi connectivity index (χ0) is 18.4. The Morgan fingerprint density at radius 1 is 1.24 bits per heavy atom. The van der Waals surface area contributed by atoms with E-state index in [2.05, 4.69) is 4.98 Å². The first-order valence-corrected chi connectivity index (χ1v) is 8.07. The highest BCUT2D eigenvalue weighted by atomic mass is 35.5. The van der Waals surface area contributed by atoms with E-state index in [9.17, 15) is 14.4 Å². The number of hydrogen-bond acceptors (Lipinski definition) is 5. The van der Waals surface area contributed by atoms with Gasteiger partial charge >= 0.3 is 20.2 Å². The van der Waals surface area contributed by atoms with Crippen LogP contribution >= 0.6 is 11.6 Å². The highest BCUT2D eigenvalue weighted by Crippen LogP contribution is 2.37. The second-order valence-corrected chi connectivity index (χ2v) is 6.89. The molecule has 0 radical (unpaired) electrons. The summed E-state index contributed by atoms with van der Waals surface area (Å²) in [5, 5.41) is 18.7. The van der Waals surface area contributed by atoms with Gasteiger partial charge in [0.05, 0.1) is 0 Å². The van der Waals surface area contributed by atoms with Crippen molar-refractivity contribution >= 4 is 36.8 Å². The smallest absolute Gasteiger partial charge is 0.423 e. The summed E-state index contributed by atoms with van der Waals surface area (Å²) in [5.74, 6) is -0.682. The minimum absolute atomic E-state index is 0.0477. The van der Waals surface area contributed by atoms with Gasteiger partial charge in [0.25, 0.3) is 5.72 Å². The van der Waals surface area contributed by atoms with Crippen molar-refractivity contribution in [2.75, 3.05) is 0 Å². The molecule has 2 aromatic rings. The van der Waals surface area contributed by atoms with Gasteiger partial charge in [0.15, 0.2) is 6.20 Å².